The summed E-state index contributed by atoms with van der Waals surface area (Å²) in [5, 5.41) is 3.70. The van der Waals surface area contributed by atoms with Crippen molar-refractivity contribution in [2.75, 3.05) is 13.7 Å². The smallest absolute Gasteiger partial charge is 0.0726 e. The first-order chi connectivity index (χ1) is 8.62. The van der Waals surface area contributed by atoms with E-state index in [1.54, 1.807) is 0 Å². The van der Waals surface area contributed by atoms with Crippen molar-refractivity contribution >= 4 is 0 Å². The number of rotatable bonds is 7. The summed E-state index contributed by atoms with van der Waals surface area (Å²) in [4.78, 5) is 0. The average Bonchev–Trinajstić information content (AvgIpc) is 2.32. The Morgan fingerprint density at radius 3 is 2.17 bits per heavy atom. The Morgan fingerprint density at radius 2 is 1.72 bits per heavy atom. The van der Waals surface area contributed by atoms with Gasteiger partial charge in [0.25, 0.3) is 0 Å². The lowest BCUT2D eigenvalue weighted by atomic mass is 9.72. The molecule has 0 aromatic heterocycles. The summed E-state index contributed by atoms with van der Waals surface area (Å²) >= 11 is 0. The maximum atomic E-state index is 5.77. The van der Waals surface area contributed by atoms with Crippen molar-refractivity contribution in [3.8, 4) is 0 Å². The first-order valence-corrected chi connectivity index (χ1v) is 7.88. The maximum Gasteiger partial charge on any atom is 0.0726 e. The van der Waals surface area contributed by atoms with E-state index in [1.807, 2.05) is 7.11 Å². The molecule has 0 saturated heterocycles. The number of hydrogen-bond donors (Lipinski definition) is 1. The average molecular weight is 255 g/mol. The number of ether oxygens (including phenoxy) is 1. The molecule has 1 rings (SSSR count). The first kappa shape index (κ1) is 16.0. The molecule has 0 aromatic rings. The second-order valence-corrected chi connectivity index (χ2v) is 6.32. The Labute approximate surface area is 114 Å². The van der Waals surface area contributed by atoms with Crippen molar-refractivity contribution in [2.24, 2.45) is 17.8 Å². The molecule has 0 spiro atoms. The predicted octanol–water partition coefficient (Wildman–Crippen LogP) is 3.85. The number of methoxy groups -OCH3 is 1. The van der Waals surface area contributed by atoms with Crippen LogP contribution in [-0.2, 0) is 4.74 Å². The molecule has 1 fully saturated rings. The fraction of sp³-hybridized carbons (Fsp3) is 1.00. The normalized spacial score (nSPS) is 32.2. The van der Waals surface area contributed by atoms with E-state index in [0.717, 1.165) is 24.3 Å². The van der Waals surface area contributed by atoms with Gasteiger partial charge in [0.1, 0.15) is 0 Å². The van der Waals surface area contributed by atoms with Crippen LogP contribution in [-0.4, -0.2) is 25.8 Å². The summed E-state index contributed by atoms with van der Waals surface area (Å²) in [6.45, 7) is 10.3. The molecule has 0 aromatic carbocycles. The molecule has 1 saturated carbocycles. The van der Waals surface area contributed by atoms with Crippen LogP contribution in [0.2, 0.25) is 0 Å². The Balaban J connectivity index is 2.69. The van der Waals surface area contributed by atoms with Crippen LogP contribution in [0.25, 0.3) is 0 Å². The Morgan fingerprint density at radius 1 is 1.11 bits per heavy atom. The third kappa shape index (κ3) is 4.55. The summed E-state index contributed by atoms with van der Waals surface area (Å²) < 4.78 is 5.77. The monoisotopic (exact) mass is 255 g/mol. The molecule has 18 heavy (non-hydrogen) atoms. The molecule has 1 aliphatic rings. The zero-order valence-corrected chi connectivity index (χ0v) is 13.0. The molecule has 0 amide bonds. The summed E-state index contributed by atoms with van der Waals surface area (Å²) in [6, 6.07) is 0.546. The lowest BCUT2D eigenvalue weighted by Crippen LogP contribution is -2.48. The van der Waals surface area contributed by atoms with Gasteiger partial charge in [-0.25, -0.2) is 0 Å². The van der Waals surface area contributed by atoms with Crippen LogP contribution in [0, 0.1) is 17.8 Å². The van der Waals surface area contributed by atoms with Gasteiger partial charge in [0.05, 0.1) is 6.10 Å². The summed E-state index contributed by atoms with van der Waals surface area (Å²) in [5.41, 5.74) is 0. The fourth-order valence-electron chi connectivity index (χ4n) is 3.87. The third-order valence-electron chi connectivity index (χ3n) is 4.44. The third-order valence-corrected chi connectivity index (χ3v) is 4.44. The highest BCUT2D eigenvalue weighted by molar-refractivity contribution is 4.88. The maximum absolute atomic E-state index is 5.77. The van der Waals surface area contributed by atoms with E-state index in [9.17, 15) is 0 Å². The van der Waals surface area contributed by atoms with E-state index in [1.165, 1.54) is 32.1 Å². The second kappa shape index (κ2) is 8.16. The lowest BCUT2D eigenvalue weighted by Gasteiger charge is -2.40. The van der Waals surface area contributed by atoms with Gasteiger partial charge < -0.3 is 10.1 Å². The van der Waals surface area contributed by atoms with E-state index >= 15 is 0 Å². The van der Waals surface area contributed by atoms with Crippen molar-refractivity contribution in [3.05, 3.63) is 0 Å². The second-order valence-electron chi connectivity index (χ2n) is 6.32. The van der Waals surface area contributed by atoms with Crippen LogP contribution in [0.15, 0.2) is 0 Å². The van der Waals surface area contributed by atoms with Crippen LogP contribution in [0.4, 0.5) is 0 Å². The molecule has 4 unspecified atom stereocenters. The number of nitrogens with one attached hydrogen (secondary N) is 1. The van der Waals surface area contributed by atoms with Crippen LogP contribution < -0.4 is 5.32 Å². The van der Waals surface area contributed by atoms with Gasteiger partial charge in [0.2, 0.25) is 0 Å². The number of likely N-dealkylation sites (N-methyl/N-ethyl adjacent to an activating group) is 1. The van der Waals surface area contributed by atoms with Gasteiger partial charge in [0.15, 0.2) is 0 Å². The molecule has 2 nitrogen and oxygen atoms in total. The van der Waals surface area contributed by atoms with Gasteiger partial charge in [0, 0.05) is 13.2 Å². The summed E-state index contributed by atoms with van der Waals surface area (Å²) in [6.07, 6.45) is 6.90. The highest BCUT2D eigenvalue weighted by atomic mass is 16.5. The Hall–Kier alpha value is -0.0800. The SMILES string of the molecule is CCCC(OC)C(NCC)C1CC(C)CC(C)C1. The van der Waals surface area contributed by atoms with Gasteiger partial charge in [-0.3, -0.25) is 0 Å². The quantitative estimate of drug-likeness (QED) is 0.746. The lowest BCUT2D eigenvalue weighted by molar-refractivity contribution is 0.0232. The minimum absolute atomic E-state index is 0.387. The van der Waals surface area contributed by atoms with Gasteiger partial charge in [-0.15, -0.1) is 0 Å². The topological polar surface area (TPSA) is 21.3 Å². The van der Waals surface area contributed by atoms with Crippen LogP contribution in [0.1, 0.15) is 59.8 Å². The molecule has 0 heterocycles. The van der Waals surface area contributed by atoms with Crippen LogP contribution in [0.3, 0.4) is 0 Å². The Kier molecular flexibility index (Phi) is 7.25. The van der Waals surface area contributed by atoms with Crippen molar-refractivity contribution in [1.82, 2.24) is 5.32 Å². The van der Waals surface area contributed by atoms with Gasteiger partial charge >= 0.3 is 0 Å². The van der Waals surface area contributed by atoms with Crippen molar-refractivity contribution in [1.29, 1.82) is 0 Å². The summed E-state index contributed by atoms with van der Waals surface area (Å²) in [7, 11) is 1.88. The van der Waals surface area contributed by atoms with Gasteiger partial charge in [-0.2, -0.15) is 0 Å². The number of hydrogen-bond acceptors (Lipinski definition) is 2. The molecule has 2 heteroatoms. The molecule has 0 radical (unpaired) electrons. The largest absolute Gasteiger partial charge is 0.380 e. The van der Waals surface area contributed by atoms with Crippen LogP contribution in [0.5, 0.6) is 0 Å². The van der Waals surface area contributed by atoms with Crippen molar-refractivity contribution in [2.45, 2.75) is 71.9 Å². The molecule has 4 atom stereocenters. The van der Waals surface area contributed by atoms with E-state index in [4.69, 9.17) is 4.74 Å². The highest BCUT2D eigenvalue weighted by Crippen LogP contribution is 2.36. The van der Waals surface area contributed by atoms with E-state index in [2.05, 4.69) is 33.0 Å². The molecule has 1 aliphatic carbocycles. The van der Waals surface area contributed by atoms with Crippen LogP contribution >= 0.6 is 0 Å². The molecule has 108 valence electrons. The van der Waals surface area contributed by atoms with Crippen molar-refractivity contribution < 1.29 is 4.74 Å². The molecular weight excluding hydrogens is 222 g/mol. The fourth-order valence-corrected chi connectivity index (χ4v) is 3.87. The van der Waals surface area contributed by atoms with E-state index in [0.29, 0.717) is 12.1 Å². The van der Waals surface area contributed by atoms with Crippen molar-refractivity contribution in [3.63, 3.8) is 0 Å². The van der Waals surface area contributed by atoms with Gasteiger partial charge in [-0.1, -0.05) is 34.1 Å². The highest BCUT2D eigenvalue weighted by Gasteiger charge is 2.33. The minimum Gasteiger partial charge on any atom is -0.380 e. The first-order valence-electron chi connectivity index (χ1n) is 7.88. The standard InChI is InChI=1S/C16H33NO/c1-6-8-15(18-5)16(17-7-2)14-10-12(3)9-13(4)11-14/h12-17H,6-11H2,1-5H3. The Bertz CT molecular complexity index is 209. The molecule has 1 N–H and O–H groups in total. The van der Waals surface area contributed by atoms with E-state index < -0.39 is 0 Å². The molecule has 0 aliphatic heterocycles. The molecular formula is C16H33NO. The predicted molar refractivity (Wildman–Crippen MR) is 78.8 cm³/mol. The summed E-state index contributed by atoms with van der Waals surface area (Å²) in [5.74, 6) is 2.54. The minimum atomic E-state index is 0.387. The van der Waals surface area contributed by atoms with E-state index in [-0.39, 0.29) is 0 Å². The zero-order chi connectivity index (χ0) is 13.5. The van der Waals surface area contributed by atoms with Gasteiger partial charge in [-0.05, 0) is 50.0 Å². The zero-order valence-electron chi connectivity index (χ0n) is 13.0. The molecule has 0 bridgehead atoms.